The van der Waals surface area contributed by atoms with Gasteiger partial charge in [-0.2, -0.15) is 0 Å². The summed E-state index contributed by atoms with van der Waals surface area (Å²) in [7, 11) is -1.52. The molecule has 2 N–H and O–H groups in total. The van der Waals surface area contributed by atoms with Crippen LogP contribution in [-0.2, 0) is 0 Å². The van der Waals surface area contributed by atoms with Crippen molar-refractivity contribution in [3.8, 4) is 0 Å². The van der Waals surface area contributed by atoms with E-state index in [1.165, 1.54) is 38.8 Å². The molecule has 0 bridgehead atoms. The average Bonchev–Trinajstić information content (AvgIpc) is 2.26. The minimum absolute atomic E-state index is 0.746. The molecule has 0 spiro atoms. The molecule has 2 nitrogen and oxygen atoms in total. The molecule has 0 aromatic rings. The maximum absolute atomic E-state index is 3.92. The van der Waals surface area contributed by atoms with Crippen LogP contribution in [0, 0.1) is 0 Å². The number of unbranched alkanes of at least 4 members (excludes halogenated alkanes) is 2. The van der Waals surface area contributed by atoms with Gasteiger partial charge in [0.25, 0.3) is 0 Å². The first-order valence-corrected chi connectivity index (χ1v) is 9.66. The standard InChI is InChI=1S/C14H34N2Si/c1-7-9-11-15-17(13(3)4,14(5)6)16-12-10-8-2/h13-16H,7-12H2,1-6H3. The average molecular weight is 259 g/mol. The fraction of sp³-hybridized carbons (Fsp3) is 1.00. The molecule has 0 aliphatic carbocycles. The van der Waals surface area contributed by atoms with Gasteiger partial charge in [0, 0.05) is 0 Å². The largest absolute Gasteiger partial charge is 0.325 e. The zero-order valence-electron chi connectivity index (χ0n) is 12.9. The van der Waals surface area contributed by atoms with Crippen LogP contribution >= 0.6 is 0 Å². The predicted molar refractivity (Wildman–Crippen MR) is 81.8 cm³/mol. The molecule has 3 heteroatoms. The van der Waals surface area contributed by atoms with Gasteiger partial charge in [-0.05, 0) is 37.0 Å². The Morgan fingerprint density at radius 2 is 1.12 bits per heavy atom. The second-order valence-corrected chi connectivity index (χ2v) is 10.5. The number of rotatable bonds is 10. The Hall–Kier alpha value is 0.137. The maximum Gasteiger partial charge on any atom is 0.206 e. The maximum atomic E-state index is 3.92. The summed E-state index contributed by atoms with van der Waals surface area (Å²) >= 11 is 0. The molecular weight excluding hydrogens is 224 g/mol. The molecule has 0 saturated heterocycles. The lowest BCUT2D eigenvalue weighted by Gasteiger charge is -2.40. The minimum atomic E-state index is -1.52. The van der Waals surface area contributed by atoms with Gasteiger partial charge in [0.1, 0.15) is 0 Å². The molecule has 0 aromatic heterocycles. The third-order valence-corrected chi connectivity index (χ3v) is 9.03. The second-order valence-electron chi connectivity index (χ2n) is 5.74. The summed E-state index contributed by atoms with van der Waals surface area (Å²) in [6.45, 7) is 16.4. The number of hydrogen-bond acceptors (Lipinski definition) is 2. The minimum Gasteiger partial charge on any atom is -0.325 e. The zero-order valence-corrected chi connectivity index (χ0v) is 13.9. The normalized spacial score (nSPS) is 12.7. The monoisotopic (exact) mass is 258 g/mol. The first-order chi connectivity index (χ1) is 8.01. The van der Waals surface area contributed by atoms with Gasteiger partial charge < -0.3 is 9.96 Å². The van der Waals surface area contributed by atoms with E-state index in [1.807, 2.05) is 0 Å². The first-order valence-electron chi connectivity index (χ1n) is 7.51. The Bertz CT molecular complexity index is 161. The summed E-state index contributed by atoms with van der Waals surface area (Å²) < 4.78 is 0. The van der Waals surface area contributed by atoms with E-state index in [-0.39, 0.29) is 0 Å². The Morgan fingerprint density at radius 1 is 0.765 bits per heavy atom. The Balaban J connectivity index is 4.50. The van der Waals surface area contributed by atoms with Gasteiger partial charge in [-0.3, -0.25) is 0 Å². The topological polar surface area (TPSA) is 24.1 Å². The molecule has 0 aromatic carbocycles. The molecular formula is C14H34N2Si. The molecule has 0 fully saturated rings. The van der Waals surface area contributed by atoms with E-state index >= 15 is 0 Å². The van der Waals surface area contributed by atoms with E-state index in [0.29, 0.717) is 0 Å². The van der Waals surface area contributed by atoms with Gasteiger partial charge in [0.15, 0.2) is 0 Å². The van der Waals surface area contributed by atoms with Crippen LogP contribution in [0.15, 0.2) is 0 Å². The lowest BCUT2D eigenvalue weighted by Crippen LogP contribution is -2.66. The molecule has 0 aliphatic rings. The highest BCUT2D eigenvalue weighted by Crippen LogP contribution is 2.27. The van der Waals surface area contributed by atoms with Crippen molar-refractivity contribution in [3.05, 3.63) is 0 Å². The smallest absolute Gasteiger partial charge is 0.206 e. The van der Waals surface area contributed by atoms with Crippen molar-refractivity contribution < 1.29 is 0 Å². The number of hydrogen-bond donors (Lipinski definition) is 2. The summed E-state index contributed by atoms with van der Waals surface area (Å²) in [5.74, 6) is 0. The van der Waals surface area contributed by atoms with Crippen LogP contribution in [0.4, 0.5) is 0 Å². The Labute approximate surface area is 110 Å². The molecule has 104 valence electrons. The molecule has 0 saturated carbocycles. The van der Waals surface area contributed by atoms with Gasteiger partial charge in [-0.15, -0.1) is 0 Å². The molecule has 0 atom stereocenters. The van der Waals surface area contributed by atoms with E-state index in [4.69, 9.17) is 0 Å². The van der Waals surface area contributed by atoms with E-state index in [0.717, 1.165) is 11.1 Å². The fourth-order valence-electron chi connectivity index (χ4n) is 2.49. The lowest BCUT2D eigenvalue weighted by atomic mass is 10.3. The van der Waals surface area contributed by atoms with Crippen LogP contribution in [0.2, 0.25) is 11.1 Å². The van der Waals surface area contributed by atoms with Crippen LogP contribution in [0.25, 0.3) is 0 Å². The van der Waals surface area contributed by atoms with Crippen molar-refractivity contribution in [3.63, 3.8) is 0 Å². The highest BCUT2D eigenvalue weighted by molar-refractivity contribution is 6.77. The Kier molecular flexibility index (Phi) is 9.19. The van der Waals surface area contributed by atoms with Gasteiger partial charge >= 0.3 is 0 Å². The number of nitrogens with one attached hydrogen (secondary N) is 2. The third kappa shape index (κ3) is 5.54. The predicted octanol–water partition coefficient (Wildman–Crippen LogP) is 4.03. The lowest BCUT2D eigenvalue weighted by molar-refractivity contribution is 0.656. The molecule has 0 aliphatic heterocycles. The van der Waals surface area contributed by atoms with Gasteiger partial charge in [0.2, 0.25) is 8.40 Å². The van der Waals surface area contributed by atoms with Gasteiger partial charge in [-0.25, -0.2) is 0 Å². The molecule has 0 heterocycles. The highest BCUT2D eigenvalue weighted by Gasteiger charge is 2.39. The van der Waals surface area contributed by atoms with E-state index in [1.54, 1.807) is 0 Å². The first kappa shape index (κ1) is 17.1. The fourth-order valence-corrected chi connectivity index (χ4v) is 6.76. The van der Waals surface area contributed by atoms with Gasteiger partial charge in [0.05, 0.1) is 0 Å². The van der Waals surface area contributed by atoms with Crippen LogP contribution < -0.4 is 9.96 Å². The van der Waals surface area contributed by atoms with E-state index < -0.39 is 8.40 Å². The van der Waals surface area contributed by atoms with E-state index in [9.17, 15) is 0 Å². The highest BCUT2D eigenvalue weighted by atomic mass is 28.3. The Morgan fingerprint density at radius 3 is 1.35 bits per heavy atom. The summed E-state index contributed by atoms with van der Waals surface area (Å²) in [6, 6.07) is 0. The summed E-state index contributed by atoms with van der Waals surface area (Å²) in [6.07, 6.45) is 5.15. The van der Waals surface area contributed by atoms with Crippen molar-refractivity contribution in [2.24, 2.45) is 0 Å². The summed E-state index contributed by atoms with van der Waals surface area (Å²) in [4.78, 5) is 7.84. The second kappa shape index (κ2) is 9.12. The van der Waals surface area contributed by atoms with Crippen LogP contribution in [0.1, 0.15) is 67.2 Å². The SMILES string of the molecule is CCCCN[Si](NCCCC)(C(C)C)C(C)C. The molecule has 0 unspecified atom stereocenters. The molecule has 0 radical (unpaired) electrons. The zero-order chi connectivity index (χ0) is 13.3. The molecule has 0 rings (SSSR count). The van der Waals surface area contributed by atoms with Crippen molar-refractivity contribution in [1.82, 2.24) is 9.96 Å². The molecule has 17 heavy (non-hydrogen) atoms. The molecule has 0 amide bonds. The van der Waals surface area contributed by atoms with Crippen molar-refractivity contribution >= 4 is 8.40 Å². The quantitative estimate of drug-likeness (QED) is 0.457. The van der Waals surface area contributed by atoms with Crippen molar-refractivity contribution in [2.75, 3.05) is 13.1 Å². The van der Waals surface area contributed by atoms with Crippen molar-refractivity contribution in [1.29, 1.82) is 0 Å². The summed E-state index contributed by atoms with van der Waals surface area (Å²) in [5, 5.41) is 0. The van der Waals surface area contributed by atoms with Crippen LogP contribution in [-0.4, -0.2) is 21.5 Å². The van der Waals surface area contributed by atoms with E-state index in [2.05, 4.69) is 51.5 Å². The van der Waals surface area contributed by atoms with Crippen LogP contribution in [0.3, 0.4) is 0 Å². The van der Waals surface area contributed by atoms with Gasteiger partial charge in [-0.1, -0.05) is 54.4 Å². The van der Waals surface area contributed by atoms with Crippen molar-refractivity contribution in [2.45, 2.75) is 78.3 Å². The van der Waals surface area contributed by atoms with Crippen LogP contribution in [0.5, 0.6) is 0 Å². The third-order valence-electron chi connectivity index (χ3n) is 3.72. The summed E-state index contributed by atoms with van der Waals surface area (Å²) in [5.41, 5.74) is 1.49.